The first-order valence-electron chi connectivity index (χ1n) is 9.14. The molecule has 1 atom stereocenters. The zero-order chi connectivity index (χ0) is 18.1. The quantitative estimate of drug-likeness (QED) is 0.909. The van der Waals surface area contributed by atoms with Gasteiger partial charge in [-0.05, 0) is 62.4 Å². The van der Waals surface area contributed by atoms with Crippen molar-refractivity contribution >= 4 is 5.91 Å². The number of carbonyl (C=O) groups excluding carboxylic acids is 1. The van der Waals surface area contributed by atoms with E-state index in [-0.39, 0.29) is 17.9 Å². The Morgan fingerprint density at radius 3 is 2.60 bits per heavy atom. The molecule has 0 radical (unpaired) electrons. The van der Waals surface area contributed by atoms with Crippen LogP contribution in [0.1, 0.15) is 38.7 Å². The van der Waals surface area contributed by atoms with Gasteiger partial charge < -0.3 is 14.7 Å². The van der Waals surface area contributed by atoms with Crippen LogP contribution in [0.5, 0.6) is 5.75 Å². The first kappa shape index (κ1) is 18.2. The Bertz CT molecular complexity index is 625. The number of ether oxygens (including phenoxy) is 1. The van der Waals surface area contributed by atoms with E-state index in [9.17, 15) is 9.90 Å². The maximum absolute atomic E-state index is 12.0. The molecular weight excluding hydrogens is 316 g/mol. The molecule has 1 N–H and O–H groups in total. The smallest absolute Gasteiger partial charge is 0.219 e. The molecule has 1 aromatic rings. The second kappa shape index (κ2) is 6.96. The van der Waals surface area contributed by atoms with Gasteiger partial charge in [-0.1, -0.05) is 12.1 Å². The van der Waals surface area contributed by atoms with Crippen LogP contribution in [-0.2, 0) is 11.3 Å². The first-order chi connectivity index (χ1) is 11.9. The van der Waals surface area contributed by atoms with Gasteiger partial charge >= 0.3 is 0 Å². The standard InChI is InChI=1S/C20H30N2O3/c1-16(24)22-14-20(13-19(22,2)15-23)7-9-21(10-8-20)12-17-5-4-6-18(11-17)25-3/h4-6,11,23H,7-10,12-15H2,1-3H3/t19-/m0/s1. The van der Waals surface area contributed by atoms with E-state index >= 15 is 0 Å². The fraction of sp³-hybridized carbons (Fsp3) is 0.650. The van der Waals surface area contributed by atoms with Gasteiger partial charge in [0.2, 0.25) is 5.91 Å². The number of aliphatic hydroxyl groups excluding tert-OH is 1. The number of carbonyl (C=O) groups is 1. The monoisotopic (exact) mass is 346 g/mol. The highest BCUT2D eigenvalue weighted by atomic mass is 16.5. The second-order valence-corrected chi connectivity index (χ2v) is 8.06. The lowest BCUT2D eigenvalue weighted by atomic mass is 9.74. The van der Waals surface area contributed by atoms with Crippen molar-refractivity contribution in [1.29, 1.82) is 0 Å². The molecule has 2 aliphatic heterocycles. The van der Waals surface area contributed by atoms with E-state index in [0.717, 1.165) is 51.2 Å². The molecule has 2 fully saturated rings. The summed E-state index contributed by atoms with van der Waals surface area (Å²) in [5.74, 6) is 0.977. The lowest BCUT2D eigenvalue weighted by Gasteiger charge is -2.39. The van der Waals surface area contributed by atoms with Crippen LogP contribution in [-0.4, -0.2) is 59.7 Å². The van der Waals surface area contributed by atoms with Crippen molar-refractivity contribution in [3.8, 4) is 5.75 Å². The van der Waals surface area contributed by atoms with Crippen LogP contribution in [0.2, 0.25) is 0 Å². The molecule has 0 bridgehead atoms. The SMILES string of the molecule is COc1cccc(CN2CCC3(CC2)CN(C(C)=O)[C@](C)(CO)C3)c1. The van der Waals surface area contributed by atoms with E-state index in [4.69, 9.17) is 4.74 Å². The van der Waals surface area contributed by atoms with Crippen LogP contribution in [0.15, 0.2) is 24.3 Å². The van der Waals surface area contributed by atoms with Crippen LogP contribution in [0, 0.1) is 5.41 Å². The molecule has 0 aliphatic carbocycles. The second-order valence-electron chi connectivity index (χ2n) is 8.06. The predicted octanol–water partition coefficient (Wildman–Crippen LogP) is 2.28. The van der Waals surface area contributed by atoms with Crippen LogP contribution >= 0.6 is 0 Å². The van der Waals surface area contributed by atoms with Crippen LogP contribution in [0.3, 0.4) is 0 Å². The van der Waals surface area contributed by atoms with E-state index in [0.29, 0.717) is 0 Å². The molecule has 25 heavy (non-hydrogen) atoms. The zero-order valence-electron chi connectivity index (χ0n) is 15.6. The van der Waals surface area contributed by atoms with Crippen LogP contribution in [0.25, 0.3) is 0 Å². The Hall–Kier alpha value is -1.59. The van der Waals surface area contributed by atoms with Crippen molar-refractivity contribution in [2.75, 3.05) is 33.4 Å². The molecule has 2 saturated heterocycles. The molecule has 3 rings (SSSR count). The highest BCUT2D eigenvalue weighted by Crippen LogP contribution is 2.48. The Morgan fingerprint density at radius 1 is 1.32 bits per heavy atom. The van der Waals surface area contributed by atoms with Crippen molar-refractivity contribution in [3.05, 3.63) is 29.8 Å². The summed E-state index contributed by atoms with van der Waals surface area (Å²) in [6.07, 6.45) is 3.07. The van der Waals surface area contributed by atoms with Crippen LogP contribution < -0.4 is 4.74 Å². The van der Waals surface area contributed by atoms with Crippen molar-refractivity contribution in [2.45, 2.75) is 45.2 Å². The largest absolute Gasteiger partial charge is 0.497 e. The number of rotatable bonds is 4. The van der Waals surface area contributed by atoms with E-state index in [2.05, 4.69) is 17.0 Å². The van der Waals surface area contributed by atoms with Gasteiger partial charge in [0.1, 0.15) is 5.75 Å². The van der Waals surface area contributed by atoms with Gasteiger partial charge in [-0.15, -0.1) is 0 Å². The Labute approximate surface area is 150 Å². The van der Waals surface area contributed by atoms with Crippen molar-refractivity contribution in [2.24, 2.45) is 5.41 Å². The molecule has 2 heterocycles. The summed E-state index contributed by atoms with van der Waals surface area (Å²) in [5.41, 5.74) is 1.03. The summed E-state index contributed by atoms with van der Waals surface area (Å²) in [6, 6.07) is 8.25. The number of piperidine rings is 1. The highest BCUT2D eigenvalue weighted by Gasteiger charge is 2.52. The van der Waals surface area contributed by atoms with Crippen molar-refractivity contribution < 1.29 is 14.6 Å². The molecule has 5 heteroatoms. The Balaban J connectivity index is 1.62. The third kappa shape index (κ3) is 3.67. The summed E-state index contributed by atoms with van der Waals surface area (Å²) in [4.78, 5) is 16.4. The number of hydrogen-bond acceptors (Lipinski definition) is 4. The van der Waals surface area contributed by atoms with E-state index < -0.39 is 5.54 Å². The Morgan fingerprint density at radius 2 is 2.04 bits per heavy atom. The normalized spacial score (nSPS) is 26.2. The summed E-state index contributed by atoms with van der Waals surface area (Å²) >= 11 is 0. The number of amides is 1. The third-order valence-electron chi connectivity index (χ3n) is 6.08. The van der Waals surface area contributed by atoms with Gasteiger partial charge in [-0.25, -0.2) is 0 Å². The summed E-state index contributed by atoms with van der Waals surface area (Å²) in [6.45, 7) is 7.46. The van der Waals surface area contributed by atoms with Gasteiger partial charge in [0.25, 0.3) is 0 Å². The lowest BCUT2D eigenvalue weighted by molar-refractivity contribution is -0.134. The fourth-order valence-electron chi connectivity index (χ4n) is 4.67. The molecular formula is C20H30N2O3. The molecule has 0 unspecified atom stereocenters. The van der Waals surface area contributed by atoms with Crippen molar-refractivity contribution in [1.82, 2.24) is 9.80 Å². The van der Waals surface area contributed by atoms with Gasteiger partial charge in [0.05, 0.1) is 19.3 Å². The number of benzene rings is 1. The molecule has 1 spiro atoms. The highest BCUT2D eigenvalue weighted by molar-refractivity contribution is 5.74. The minimum Gasteiger partial charge on any atom is -0.497 e. The fourth-order valence-corrected chi connectivity index (χ4v) is 4.67. The molecule has 1 aromatic carbocycles. The van der Waals surface area contributed by atoms with Crippen molar-refractivity contribution in [3.63, 3.8) is 0 Å². The van der Waals surface area contributed by atoms with E-state index in [1.807, 2.05) is 24.0 Å². The Kier molecular flexibility index (Phi) is 5.07. The topological polar surface area (TPSA) is 53.0 Å². The third-order valence-corrected chi connectivity index (χ3v) is 6.08. The predicted molar refractivity (Wildman–Crippen MR) is 97.4 cm³/mol. The maximum Gasteiger partial charge on any atom is 0.219 e. The lowest BCUT2D eigenvalue weighted by Crippen LogP contribution is -2.46. The molecule has 5 nitrogen and oxygen atoms in total. The molecule has 0 saturated carbocycles. The van der Waals surface area contributed by atoms with Crippen LogP contribution in [0.4, 0.5) is 0 Å². The van der Waals surface area contributed by atoms with E-state index in [1.165, 1.54) is 5.56 Å². The minimum absolute atomic E-state index is 0.0435. The number of aliphatic hydroxyl groups is 1. The van der Waals surface area contributed by atoms with Gasteiger partial charge in [0.15, 0.2) is 0 Å². The molecule has 0 aromatic heterocycles. The molecule has 138 valence electrons. The number of nitrogens with zero attached hydrogens (tertiary/aromatic N) is 2. The number of methoxy groups -OCH3 is 1. The average Bonchev–Trinajstić information content (AvgIpc) is 2.91. The summed E-state index contributed by atoms with van der Waals surface area (Å²) in [5, 5.41) is 9.84. The van der Waals surface area contributed by atoms with E-state index in [1.54, 1.807) is 14.0 Å². The average molecular weight is 346 g/mol. The first-order valence-corrected chi connectivity index (χ1v) is 9.14. The number of likely N-dealkylation sites (tertiary alicyclic amines) is 2. The summed E-state index contributed by atoms with van der Waals surface area (Å²) in [7, 11) is 1.70. The van der Waals surface area contributed by atoms with Gasteiger partial charge in [-0.2, -0.15) is 0 Å². The summed E-state index contributed by atoms with van der Waals surface area (Å²) < 4.78 is 5.31. The maximum atomic E-state index is 12.0. The van der Waals surface area contributed by atoms with Gasteiger partial charge in [0, 0.05) is 20.0 Å². The molecule has 2 aliphatic rings. The molecule has 1 amide bonds. The minimum atomic E-state index is -0.402. The number of hydrogen-bond donors (Lipinski definition) is 1. The van der Waals surface area contributed by atoms with Gasteiger partial charge in [-0.3, -0.25) is 9.69 Å². The zero-order valence-corrected chi connectivity index (χ0v) is 15.6.